The van der Waals surface area contributed by atoms with Crippen molar-refractivity contribution in [2.45, 2.75) is 31.4 Å². The van der Waals surface area contributed by atoms with Crippen molar-refractivity contribution in [3.05, 3.63) is 53.9 Å². The summed E-state index contributed by atoms with van der Waals surface area (Å²) in [6.45, 7) is 2.01. The summed E-state index contributed by atoms with van der Waals surface area (Å²) in [4.78, 5) is 11.9. The first kappa shape index (κ1) is 20.5. The number of aromatic nitrogens is 2. The third kappa shape index (κ3) is 4.05. The molecule has 2 aliphatic heterocycles. The molecule has 0 saturated carbocycles. The number of ether oxygens (including phenoxy) is 2. The van der Waals surface area contributed by atoms with E-state index in [-0.39, 0.29) is 25.2 Å². The van der Waals surface area contributed by atoms with Crippen LogP contribution in [0.4, 0.5) is 5.82 Å². The molecule has 1 fully saturated rings. The van der Waals surface area contributed by atoms with Crippen LogP contribution in [0, 0.1) is 0 Å². The Hall–Kier alpha value is -3.39. The number of hydrogen-bond donors (Lipinski definition) is 2. The summed E-state index contributed by atoms with van der Waals surface area (Å²) in [5.41, 5.74) is 5.07. The van der Waals surface area contributed by atoms with E-state index in [1.165, 1.54) is 5.56 Å². The van der Waals surface area contributed by atoms with Gasteiger partial charge in [0.1, 0.15) is 23.9 Å². The summed E-state index contributed by atoms with van der Waals surface area (Å²) < 4.78 is 11.2. The molecule has 1 unspecified atom stereocenters. The number of fused-ring (bicyclic) bond motifs is 1. The minimum absolute atomic E-state index is 0.0682. The molecule has 3 heterocycles. The van der Waals surface area contributed by atoms with Gasteiger partial charge in [0, 0.05) is 36.7 Å². The number of nitrogens with one attached hydrogen (secondary N) is 1. The lowest BCUT2D eigenvalue weighted by Gasteiger charge is -2.26. The van der Waals surface area contributed by atoms with E-state index < -0.39 is 0 Å². The Balaban J connectivity index is 1.51. The second kappa shape index (κ2) is 9.00. The molecule has 0 radical (unpaired) electrons. The van der Waals surface area contributed by atoms with Crippen molar-refractivity contribution in [2.75, 3.05) is 31.7 Å². The van der Waals surface area contributed by atoms with Gasteiger partial charge in [-0.15, -0.1) is 0 Å². The average Bonchev–Trinajstić information content (AvgIpc) is 3.54. The van der Waals surface area contributed by atoms with Crippen LogP contribution in [0.1, 0.15) is 30.1 Å². The fraction of sp³-hybridized carbons (Fsp3) is 0.375. The fourth-order valence-electron chi connectivity index (χ4n) is 4.38. The van der Waals surface area contributed by atoms with Crippen LogP contribution in [-0.4, -0.2) is 54.1 Å². The van der Waals surface area contributed by atoms with Crippen molar-refractivity contribution in [3.8, 4) is 11.5 Å². The third-order valence-electron chi connectivity index (χ3n) is 6.10. The number of nitrogens with zero attached hydrogens (tertiary/aromatic N) is 4. The van der Waals surface area contributed by atoms with Crippen LogP contribution in [0.15, 0.2) is 47.6 Å². The Morgan fingerprint density at radius 1 is 1.16 bits per heavy atom. The SMILES string of the molecule is COc1cccc(OCc2nc(N3CCC[C@@H]3CO)c3cc(C4C=NNC4)ccc3n2)c1. The number of anilines is 1. The number of aliphatic hydroxyl groups excluding tert-OH is 1. The van der Waals surface area contributed by atoms with E-state index in [2.05, 4.69) is 27.6 Å². The zero-order valence-electron chi connectivity index (χ0n) is 18.1. The summed E-state index contributed by atoms with van der Waals surface area (Å²) in [5.74, 6) is 3.14. The molecule has 0 bridgehead atoms. The van der Waals surface area contributed by atoms with Gasteiger partial charge in [-0.2, -0.15) is 5.10 Å². The van der Waals surface area contributed by atoms with Gasteiger partial charge >= 0.3 is 0 Å². The molecular formula is C24H27N5O3. The molecule has 5 rings (SSSR count). The molecule has 0 spiro atoms. The van der Waals surface area contributed by atoms with E-state index in [0.717, 1.165) is 48.4 Å². The van der Waals surface area contributed by atoms with Gasteiger partial charge in [-0.3, -0.25) is 0 Å². The van der Waals surface area contributed by atoms with Crippen molar-refractivity contribution >= 4 is 22.9 Å². The Labute approximate surface area is 186 Å². The highest BCUT2D eigenvalue weighted by Gasteiger charge is 2.27. The predicted octanol–water partition coefficient (Wildman–Crippen LogP) is 2.85. The monoisotopic (exact) mass is 433 g/mol. The van der Waals surface area contributed by atoms with E-state index >= 15 is 0 Å². The van der Waals surface area contributed by atoms with E-state index in [1.807, 2.05) is 36.5 Å². The summed E-state index contributed by atoms with van der Waals surface area (Å²) >= 11 is 0. The first-order valence-electron chi connectivity index (χ1n) is 11.0. The van der Waals surface area contributed by atoms with E-state index in [0.29, 0.717) is 11.6 Å². The maximum Gasteiger partial charge on any atom is 0.168 e. The van der Waals surface area contributed by atoms with Gasteiger partial charge in [0.25, 0.3) is 0 Å². The molecular weight excluding hydrogens is 406 g/mol. The molecule has 2 aliphatic rings. The Morgan fingerprint density at radius 2 is 2.06 bits per heavy atom. The van der Waals surface area contributed by atoms with Crippen LogP contribution in [0.5, 0.6) is 11.5 Å². The van der Waals surface area contributed by atoms with Crippen LogP contribution >= 0.6 is 0 Å². The second-order valence-electron chi connectivity index (χ2n) is 8.13. The topological polar surface area (TPSA) is 92.1 Å². The number of hydrogen-bond acceptors (Lipinski definition) is 8. The molecule has 2 aromatic carbocycles. The van der Waals surface area contributed by atoms with Gasteiger partial charge in [-0.1, -0.05) is 12.1 Å². The summed E-state index contributed by atoms with van der Waals surface area (Å²) in [7, 11) is 1.63. The highest BCUT2D eigenvalue weighted by molar-refractivity contribution is 5.91. The molecule has 0 amide bonds. The van der Waals surface area contributed by atoms with E-state index in [4.69, 9.17) is 19.4 Å². The smallest absolute Gasteiger partial charge is 0.168 e. The van der Waals surface area contributed by atoms with Crippen molar-refractivity contribution in [1.29, 1.82) is 0 Å². The number of hydrazone groups is 1. The van der Waals surface area contributed by atoms with Crippen LogP contribution in [0.2, 0.25) is 0 Å². The second-order valence-corrected chi connectivity index (χ2v) is 8.13. The van der Waals surface area contributed by atoms with Crippen LogP contribution in [0.25, 0.3) is 10.9 Å². The normalized spacial score (nSPS) is 20.0. The third-order valence-corrected chi connectivity index (χ3v) is 6.10. The molecule has 8 nitrogen and oxygen atoms in total. The van der Waals surface area contributed by atoms with E-state index in [9.17, 15) is 5.11 Å². The average molecular weight is 434 g/mol. The largest absolute Gasteiger partial charge is 0.497 e. The van der Waals surface area contributed by atoms with Gasteiger partial charge in [0.15, 0.2) is 5.82 Å². The fourth-order valence-corrected chi connectivity index (χ4v) is 4.38. The molecule has 8 heteroatoms. The Morgan fingerprint density at radius 3 is 2.88 bits per heavy atom. The predicted molar refractivity (Wildman–Crippen MR) is 124 cm³/mol. The highest BCUT2D eigenvalue weighted by Crippen LogP contribution is 2.32. The molecule has 32 heavy (non-hydrogen) atoms. The minimum atomic E-state index is 0.0682. The lowest BCUT2D eigenvalue weighted by Crippen LogP contribution is -2.33. The van der Waals surface area contributed by atoms with Crippen molar-refractivity contribution in [1.82, 2.24) is 15.4 Å². The number of rotatable bonds is 7. The van der Waals surface area contributed by atoms with Gasteiger partial charge in [-0.25, -0.2) is 9.97 Å². The van der Waals surface area contributed by atoms with Gasteiger partial charge in [-0.05, 0) is 42.7 Å². The molecule has 1 saturated heterocycles. The van der Waals surface area contributed by atoms with Crippen LogP contribution < -0.4 is 19.8 Å². The Kier molecular flexibility index (Phi) is 5.77. The zero-order valence-corrected chi connectivity index (χ0v) is 18.1. The summed E-state index contributed by atoms with van der Waals surface area (Å²) in [5, 5.41) is 15.1. The quantitative estimate of drug-likeness (QED) is 0.592. The van der Waals surface area contributed by atoms with Gasteiger partial charge < -0.3 is 24.9 Å². The first-order valence-corrected chi connectivity index (χ1v) is 11.0. The number of methoxy groups -OCH3 is 1. The number of aliphatic hydroxyl groups is 1. The molecule has 1 aromatic heterocycles. The lowest BCUT2D eigenvalue weighted by atomic mass is 9.99. The van der Waals surface area contributed by atoms with Gasteiger partial charge in [0.2, 0.25) is 0 Å². The van der Waals surface area contributed by atoms with Crippen molar-refractivity contribution in [2.24, 2.45) is 5.10 Å². The molecule has 166 valence electrons. The standard InChI is InChI=1S/C24H27N5O3/c1-31-19-5-2-6-20(11-19)32-15-23-27-22-8-7-16(17-12-25-26-13-17)10-21(22)24(28-23)29-9-3-4-18(29)14-30/h2,5-8,10-12,17-18,26,30H,3-4,9,13-15H2,1H3/t17?,18-/m1/s1. The molecule has 2 N–H and O–H groups in total. The van der Waals surface area contributed by atoms with Crippen LogP contribution in [-0.2, 0) is 6.61 Å². The first-order chi connectivity index (χ1) is 15.7. The maximum atomic E-state index is 9.92. The van der Waals surface area contributed by atoms with Crippen LogP contribution in [0.3, 0.4) is 0 Å². The highest BCUT2D eigenvalue weighted by atomic mass is 16.5. The van der Waals surface area contributed by atoms with Crippen molar-refractivity contribution in [3.63, 3.8) is 0 Å². The number of benzene rings is 2. The Bertz CT molecular complexity index is 1140. The molecule has 2 atom stereocenters. The zero-order chi connectivity index (χ0) is 21.9. The van der Waals surface area contributed by atoms with Gasteiger partial charge in [0.05, 0.1) is 25.3 Å². The van der Waals surface area contributed by atoms with E-state index in [1.54, 1.807) is 7.11 Å². The maximum absolute atomic E-state index is 9.92. The van der Waals surface area contributed by atoms with Crippen molar-refractivity contribution < 1.29 is 14.6 Å². The molecule has 3 aromatic rings. The molecule has 0 aliphatic carbocycles. The lowest BCUT2D eigenvalue weighted by molar-refractivity contribution is 0.266. The minimum Gasteiger partial charge on any atom is -0.497 e. The summed E-state index contributed by atoms with van der Waals surface area (Å²) in [6.07, 6.45) is 3.92. The summed E-state index contributed by atoms with van der Waals surface area (Å²) in [6, 6.07) is 13.9.